The standard InChI is InChI=1S/C27H31NO4Si/c1-27(2,3)33(22-11-7-5-8-12-22,23-13-9-6-10-14-23)31-19-24-25(28-26(29)32-24)20-15-17-21(30-4)18-16-20/h5-18,24-25H,19H2,1-4H3,(H,28,29)/t24-,25+/m0/s1. The normalized spacial score (nSPS) is 18.5. The summed E-state index contributed by atoms with van der Waals surface area (Å²) in [7, 11) is -1.09. The van der Waals surface area contributed by atoms with Crippen LogP contribution in [0.4, 0.5) is 4.79 Å². The number of nitrogens with one attached hydrogen (secondary N) is 1. The highest BCUT2D eigenvalue weighted by atomic mass is 28.4. The first-order valence-electron chi connectivity index (χ1n) is 11.2. The van der Waals surface area contributed by atoms with Gasteiger partial charge in [0.05, 0.1) is 19.8 Å². The Hall–Kier alpha value is -3.09. The summed E-state index contributed by atoms with van der Waals surface area (Å²) in [5.74, 6) is 0.768. The fraction of sp³-hybridized carbons (Fsp3) is 0.296. The van der Waals surface area contributed by atoms with Crippen molar-refractivity contribution >= 4 is 24.8 Å². The Labute approximate surface area is 196 Å². The van der Waals surface area contributed by atoms with Gasteiger partial charge in [-0.3, -0.25) is 0 Å². The van der Waals surface area contributed by atoms with E-state index in [2.05, 4.69) is 74.6 Å². The minimum atomic E-state index is -2.72. The SMILES string of the molecule is COc1ccc([C@H]2NC(=O)O[C@H]2CO[Si](c2ccccc2)(c2ccccc2)C(C)(C)C)cc1. The number of carbonyl (C=O) groups excluding carboxylic acids is 1. The Morgan fingerprint density at radius 1 is 0.879 bits per heavy atom. The largest absolute Gasteiger partial charge is 0.497 e. The number of hydrogen-bond donors (Lipinski definition) is 1. The zero-order chi connectivity index (χ0) is 23.5. The summed E-state index contributed by atoms with van der Waals surface area (Å²) in [6, 6.07) is 28.3. The number of hydrogen-bond acceptors (Lipinski definition) is 4. The second kappa shape index (κ2) is 9.41. The Balaban J connectivity index is 1.70. The van der Waals surface area contributed by atoms with E-state index in [9.17, 15) is 4.79 Å². The maximum absolute atomic E-state index is 12.2. The lowest BCUT2D eigenvalue weighted by Crippen LogP contribution is -2.67. The average molecular weight is 462 g/mol. The van der Waals surface area contributed by atoms with Crippen LogP contribution in [-0.4, -0.2) is 34.2 Å². The number of cyclic esters (lactones) is 1. The van der Waals surface area contributed by atoms with Gasteiger partial charge in [-0.25, -0.2) is 4.79 Å². The molecule has 0 radical (unpaired) electrons. The highest BCUT2D eigenvalue weighted by Gasteiger charge is 2.51. The highest BCUT2D eigenvalue weighted by molar-refractivity contribution is 6.99. The van der Waals surface area contributed by atoms with Crippen molar-refractivity contribution in [3.05, 3.63) is 90.5 Å². The summed E-state index contributed by atoms with van der Waals surface area (Å²) in [5.41, 5.74) is 0.956. The summed E-state index contributed by atoms with van der Waals surface area (Å²) in [5, 5.41) is 5.19. The summed E-state index contributed by atoms with van der Waals surface area (Å²) >= 11 is 0. The number of benzene rings is 3. The van der Waals surface area contributed by atoms with Crippen LogP contribution < -0.4 is 20.4 Å². The molecule has 1 amide bonds. The van der Waals surface area contributed by atoms with Gasteiger partial charge in [-0.1, -0.05) is 93.6 Å². The zero-order valence-electron chi connectivity index (χ0n) is 19.6. The first-order valence-corrected chi connectivity index (χ1v) is 13.1. The molecule has 1 fully saturated rings. The van der Waals surface area contributed by atoms with Crippen LogP contribution in [0.15, 0.2) is 84.9 Å². The fourth-order valence-electron chi connectivity index (χ4n) is 4.67. The van der Waals surface area contributed by atoms with Gasteiger partial charge in [0.1, 0.15) is 5.75 Å². The van der Waals surface area contributed by atoms with Crippen molar-refractivity contribution in [2.45, 2.75) is 38.0 Å². The molecule has 0 spiro atoms. The van der Waals surface area contributed by atoms with Gasteiger partial charge in [-0.15, -0.1) is 0 Å². The summed E-state index contributed by atoms with van der Waals surface area (Å²) < 4.78 is 17.9. The van der Waals surface area contributed by atoms with Gasteiger partial charge in [0.25, 0.3) is 8.32 Å². The minimum Gasteiger partial charge on any atom is -0.497 e. The van der Waals surface area contributed by atoms with Crippen molar-refractivity contribution in [1.82, 2.24) is 5.32 Å². The molecular formula is C27H31NO4Si. The van der Waals surface area contributed by atoms with Crippen molar-refractivity contribution in [2.24, 2.45) is 0 Å². The van der Waals surface area contributed by atoms with E-state index in [4.69, 9.17) is 13.9 Å². The van der Waals surface area contributed by atoms with E-state index in [1.54, 1.807) is 7.11 Å². The number of methoxy groups -OCH3 is 1. The quantitative estimate of drug-likeness (QED) is 0.529. The topological polar surface area (TPSA) is 56.8 Å². The molecule has 3 aromatic rings. The highest BCUT2D eigenvalue weighted by Crippen LogP contribution is 2.38. The molecule has 0 bridgehead atoms. The molecule has 6 heteroatoms. The van der Waals surface area contributed by atoms with Gasteiger partial charge < -0.3 is 19.2 Å². The van der Waals surface area contributed by atoms with Gasteiger partial charge in [-0.2, -0.15) is 0 Å². The predicted molar refractivity (Wildman–Crippen MR) is 133 cm³/mol. The van der Waals surface area contributed by atoms with Gasteiger partial charge in [0.15, 0.2) is 6.10 Å². The maximum Gasteiger partial charge on any atom is 0.408 e. The fourth-order valence-corrected chi connectivity index (χ4v) is 9.24. The molecule has 1 saturated heterocycles. The van der Waals surface area contributed by atoms with Crippen molar-refractivity contribution in [1.29, 1.82) is 0 Å². The third kappa shape index (κ3) is 4.54. The monoisotopic (exact) mass is 461 g/mol. The molecule has 0 aromatic heterocycles. The Morgan fingerprint density at radius 3 is 1.91 bits per heavy atom. The van der Waals surface area contributed by atoms with E-state index >= 15 is 0 Å². The molecule has 5 nitrogen and oxygen atoms in total. The molecule has 4 rings (SSSR count). The van der Waals surface area contributed by atoms with Gasteiger partial charge in [0, 0.05) is 0 Å². The van der Waals surface area contributed by atoms with E-state index in [0.717, 1.165) is 11.3 Å². The summed E-state index contributed by atoms with van der Waals surface area (Å²) in [6.45, 7) is 7.00. The Morgan fingerprint density at radius 2 is 1.42 bits per heavy atom. The predicted octanol–water partition coefficient (Wildman–Crippen LogP) is 4.42. The van der Waals surface area contributed by atoms with Crippen LogP contribution in [-0.2, 0) is 9.16 Å². The first kappa shape index (κ1) is 23.1. The van der Waals surface area contributed by atoms with Crippen LogP contribution >= 0.6 is 0 Å². The molecule has 2 atom stereocenters. The zero-order valence-corrected chi connectivity index (χ0v) is 20.6. The Bertz CT molecular complexity index is 1030. The lowest BCUT2D eigenvalue weighted by atomic mass is 10.0. The van der Waals surface area contributed by atoms with Crippen molar-refractivity contribution < 1.29 is 18.7 Å². The third-order valence-electron chi connectivity index (χ3n) is 6.26. The van der Waals surface area contributed by atoms with Crippen LogP contribution in [0.2, 0.25) is 5.04 Å². The molecule has 0 unspecified atom stereocenters. The minimum absolute atomic E-state index is 0.151. The number of carbonyl (C=O) groups is 1. The van der Waals surface area contributed by atoms with Crippen molar-refractivity contribution in [2.75, 3.05) is 13.7 Å². The molecule has 33 heavy (non-hydrogen) atoms. The van der Waals surface area contributed by atoms with E-state index in [1.807, 2.05) is 36.4 Å². The molecule has 1 heterocycles. The molecule has 1 aliphatic rings. The molecule has 0 saturated carbocycles. The van der Waals surface area contributed by atoms with E-state index in [1.165, 1.54) is 10.4 Å². The molecule has 172 valence electrons. The van der Waals surface area contributed by atoms with Crippen molar-refractivity contribution in [3.8, 4) is 5.75 Å². The van der Waals surface area contributed by atoms with E-state index < -0.39 is 20.5 Å². The lowest BCUT2D eigenvalue weighted by molar-refractivity contribution is 0.0883. The second-order valence-corrected chi connectivity index (χ2v) is 13.6. The van der Waals surface area contributed by atoms with Gasteiger partial charge in [0.2, 0.25) is 0 Å². The van der Waals surface area contributed by atoms with Crippen LogP contribution in [0.3, 0.4) is 0 Å². The van der Waals surface area contributed by atoms with Crippen LogP contribution in [0.1, 0.15) is 32.4 Å². The van der Waals surface area contributed by atoms with E-state index in [0.29, 0.717) is 6.61 Å². The lowest BCUT2D eigenvalue weighted by Gasteiger charge is -2.43. The van der Waals surface area contributed by atoms with Gasteiger partial charge in [-0.05, 0) is 33.1 Å². The van der Waals surface area contributed by atoms with Gasteiger partial charge >= 0.3 is 6.09 Å². The van der Waals surface area contributed by atoms with E-state index in [-0.39, 0.29) is 11.1 Å². The van der Waals surface area contributed by atoms with Crippen LogP contribution in [0.25, 0.3) is 0 Å². The summed E-state index contributed by atoms with van der Waals surface area (Å²) in [4.78, 5) is 12.2. The molecule has 1 N–H and O–H groups in total. The molecule has 3 aromatic carbocycles. The van der Waals surface area contributed by atoms with Crippen LogP contribution in [0, 0.1) is 0 Å². The average Bonchev–Trinajstić information content (AvgIpc) is 3.20. The maximum atomic E-state index is 12.2. The van der Waals surface area contributed by atoms with Crippen LogP contribution in [0.5, 0.6) is 5.75 Å². The molecular weight excluding hydrogens is 430 g/mol. The smallest absolute Gasteiger partial charge is 0.408 e. The second-order valence-electron chi connectivity index (χ2n) is 9.31. The van der Waals surface area contributed by atoms with Crippen molar-refractivity contribution in [3.63, 3.8) is 0 Å². The third-order valence-corrected chi connectivity index (χ3v) is 11.3. The molecule has 1 aliphatic heterocycles. The first-order chi connectivity index (χ1) is 15.8. The number of ether oxygens (including phenoxy) is 2. The Kier molecular flexibility index (Phi) is 6.58. The number of rotatable bonds is 7. The number of amides is 1. The molecule has 0 aliphatic carbocycles. The number of alkyl carbamates (subject to hydrolysis) is 1. The summed E-state index contributed by atoms with van der Waals surface area (Å²) in [6.07, 6.45) is -0.862.